The molecule has 3 aromatic rings. The van der Waals surface area contributed by atoms with Crippen LogP contribution in [0.25, 0.3) is 0 Å². The number of amides is 1. The van der Waals surface area contributed by atoms with Crippen molar-refractivity contribution >= 4 is 40.5 Å². The number of carbonyl (C=O) groups excluding carboxylic acids is 2. The molecule has 0 radical (unpaired) electrons. The molecule has 0 aliphatic rings. The molecule has 0 saturated heterocycles. The van der Waals surface area contributed by atoms with Gasteiger partial charge in [0.1, 0.15) is 6.07 Å². The van der Waals surface area contributed by atoms with Crippen LogP contribution < -0.4 is 10.6 Å². The van der Waals surface area contributed by atoms with E-state index >= 15 is 0 Å². The number of para-hydroxylation sites is 2. The molecule has 0 unspecified atom stereocenters. The fourth-order valence-electron chi connectivity index (χ4n) is 2.54. The van der Waals surface area contributed by atoms with Crippen LogP contribution in [0, 0.1) is 11.3 Å². The van der Waals surface area contributed by atoms with Crippen molar-refractivity contribution in [3.05, 3.63) is 88.9 Å². The number of nitriles is 1. The molecule has 0 aliphatic carbocycles. The lowest BCUT2D eigenvalue weighted by atomic mass is 10.1. The number of anilines is 3. The zero-order valence-electron chi connectivity index (χ0n) is 15.2. The highest BCUT2D eigenvalue weighted by Crippen LogP contribution is 2.22. The summed E-state index contributed by atoms with van der Waals surface area (Å²) in [6.45, 7) is -0.462. The number of ether oxygens (including phenoxy) is 1. The third-order valence-corrected chi connectivity index (χ3v) is 4.22. The summed E-state index contributed by atoms with van der Waals surface area (Å²) in [7, 11) is 0. The van der Waals surface area contributed by atoms with E-state index in [9.17, 15) is 9.59 Å². The predicted octanol–water partition coefficient (Wildman–Crippen LogP) is 4.75. The molecule has 6 nitrogen and oxygen atoms in total. The van der Waals surface area contributed by atoms with Crippen LogP contribution in [0.3, 0.4) is 0 Å². The highest BCUT2D eigenvalue weighted by Gasteiger charge is 2.15. The van der Waals surface area contributed by atoms with Gasteiger partial charge in [0.05, 0.1) is 21.8 Å². The molecule has 0 atom stereocenters. The van der Waals surface area contributed by atoms with E-state index in [1.807, 2.05) is 36.4 Å². The lowest BCUT2D eigenvalue weighted by Gasteiger charge is -2.12. The maximum absolute atomic E-state index is 12.5. The highest BCUT2D eigenvalue weighted by atomic mass is 35.5. The number of nitrogens with one attached hydrogen (secondary N) is 2. The molecular weight excluding hydrogens is 390 g/mol. The van der Waals surface area contributed by atoms with Gasteiger partial charge >= 0.3 is 5.97 Å². The summed E-state index contributed by atoms with van der Waals surface area (Å²) in [6, 6.07) is 22.7. The van der Waals surface area contributed by atoms with Gasteiger partial charge in [-0.05, 0) is 42.5 Å². The Balaban J connectivity index is 1.61. The number of rotatable bonds is 6. The van der Waals surface area contributed by atoms with Crippen LogP contribution in [0.2, 0.25) is 5.02 Å². The maximum Gasteiger partial charge on any atom is 0.340 e. The van der Waals surface area contributed by atoms with Gasteiger partial charge < -0.3 is 15.4 Å². The van der Waals surface area contributed by atoms with Crippen LogP contribution in [-0.2, 0) is 9.53 Å². The van der Waals surface area contributed by atoms with Gasteiger partial charge in [-0.25, -0.2) is 4.79 Å². The third kappa shape index (κ3) is 5.34. The number of hydrogen-bond acceptors (Lipinski definition) is 5. The zero-order valence-corrected chi connectivity index (χ0v) is 15.9. The van der Waals surface area contributed by atoms with Gasteiger partial charge in [-0.1, -0.05) is 41.9 Å². The van der Waals surface area contributed by atoms with E-state index in [2.05, 4.69) is 10.6 Å². The zero-order chi connectivity index (χ0) is 20.6. The molecular formula is C22H16ClN3O3. The van der Waals surface area contributed by atoms with Crippen LogP contribution >= 0.6 is 11.6 Å². The molecule has 0 aromatic heterocycles. The van der Waals surface area contributed by atoms with Gasteiger partial charge in [0.25, 0.3) is 5.91 Å². The molecule has 144 valence electrons. The number of halogens is 1. The number of hydrogen-bond donors (Lipinski definition) is 2. The Bertz CT molecular complexity index is 1080. The summed E-state index contributed by atoms with van der Waals surface area (Å²) in [5.41, 5.74) is 2.41. The molecule has 0 bridgehead atoms. The Morgan fingerprint density at radius 2 is 1.69 bits per heavy atom. The number of benzene rings is 3. The first-order chi connectivity index (χ1) is 14.1. The van der Waals surface area contributed by atoms with Gasteiger partial charge in [-0.2, -0.15) is 5.26 Å². The third-order valence-electron chi connectivity index (χ3n) is 3.91. The van der Waals surface area contributed by atoms with E-state index in [-0.39, 0.29) is 5.02 Å². The van der Waals surface area contributed by atoms with Crippen molar-refractivity contribution in [1.29, 1.82) is 5.26 Å². The monoisotopic (exact) mass is 405 g/mol. The molecule has 0 saturated carbocycles. The summed E-state index contributed by atoms with van der Waals surface area (Å²) in [5, 5.41) is 14.8. The number of esters is 1. The quantitative estimate of drug-likeness (QED) is 0.577. The van der Waals surface area contributed by atoms with Crippen LogP contribution in [0.15, 0.2) is 72.8 Å². The van der Waals surface area contributed by atoms with Crippen LogP contribution in [0.4, 0.5) is 17.1 Å². The van der Waals surface area contributed by atoms with Gasteiger partial charge in [0.2, 0.25) is 0 Å². The van der Waals surface area contributed by atoms with Gasteiger partial charge in [0.15, 0.2) is 6.61 Å². The Morgan fingerprint density at radius 1 is 0.966 bits per heavy atom. The second-order valence-corrected chi connectivity index (χ2v) is 6.37. The molecule has 7 heteroatoms. The fraction of sp³-hybridized carbons (Fsp3) is 0.0455. The van der Waals surface area contributed by atoms with Crippen LogP contribution in [-0.4, -0.2) is 18.5 Å². The minimum atomic E-state index is -0.628. The molecule has 1 amide bonds. The summed E-state index contributed by atoms with van der Waals surface area (Å²) in [5.74, 6) is -1.15. The van der Waals surface area contributed by atoms with E-state index < -0.39 is 18.5 Å². The maximum atomic E-state index is 12.5. The minimum Gasteiger partial charge on any atom is -0.452 e. The fourth-order valence-corrected chi connectivity index (χ4v) is 2.76. The number of carbonyl (C=O) groups is 2. The molecule has 0 aliphatic heterocycles. The van der Waals surface area contributed by atoms with Crippen LogP contribution in [0.5, 0.6) is 0 Å². The summed E-state index contributed by atoms with van der Waals surface area (Å²) in [4.78, 5) is 24.5. The SMILES string of the molecule is N#Cc1ccc(NC(=O)COC(=O)c2ccccc2Nc2ccccc2)cc1Cl. The summed E-state index contributed by atoms with van der Waals surface area (Å²) >= 11 is 5.94. The van der Waals surface area contributed by atoms with Crippen molar-refractivity contribution in [2.75, 3.05) is 17.2 Å². The smallest absolute Gasteiger partial charge is 0.340 e. The van der Waals surface area contributed by atoms with Gasteiger partial charge in [-0.15, -0.1) is 0 Å². The molecule has 2 N–H and O–H groups in total. The van der Waals surface area contributed by atoms with Crippen LogP contribution in [0.1, 0.15) is 15.9 Å². The molecule has 3 aromatic carbocycles. The molecule has 29 heavy (non-hydrogen) atoms. The first-order valence-corrected chi connectivity index (χ1v) is 9.02. The first-order valence-electron chi connectivity index (χ1n) is 8.64. The van der Waals surface area contributed by atoms with Gasteiger partial charge in [-0.3, -0.25) is 4.79 Å². The normalized spacial score (nSPS) is 9.93. The highest BCUT2D eigenvalue weighted by molar-refractivity contribution is 6.32. The average molecular weight is 406 g/mol. The van der Waals surface area contributed by atoms with Gasteiger partial charge in [0, 0.05) is 11.4 Å². The van der Waals surface area contributed by atoms with E-state index in [1.54, 1.807) is 30.3 Å². The second kappa shape index (κ2) is 9.40. The van der Waals surface area contributed by atoms with E-state index in [1.165, 1.54) is 12.1 Å². The van der Waals surface area contributed by atoms with Crippen molar-refractivity contribution in [1.82, 2.24) is 0 Å². The lowest BCUT2D eigenvalue weighted by Crippen LogP contribution is -2.21. The summed E-state index contributed by atoms with van der Waals surface area (Å²) in [6.07, 6.45) is 0. The average Bonchev–Trinajstić information content (AvgIpc) is 2.73. The molecule has 0 heterocycles. The Kier molecular flexibility index (Phi) is 6.46. The van der Waals surface area contributed by atoms with E-state index in [0.717, 1.165) is 5.69 Å². The lowest BCUT2D eigenvalue weighted by molar-refractivity contribution is -0.119. The minimum absolute atomic E-state index is 0.225. The largest absolute Gasteiger partial charge is 0.452 e. The molecule has 3 rings (SSSR count). The van der Waals surface area contributed by atoms with E-state index in [4.69, 9.17) is 21.6 Å². The predicted molar refractivity (Wildman–Crippen MR) is 111 cm³/mol. The van der Waals surface area contributed by atoms with Crippen molar-refractivity contribution in [2.45, 2.75) is 0 Å². The van der Waals surface area contributed by atoms with Crippen molar-refractivity contribution in [3.63, 3.8) is 0 Å². The van der Waals surface area contributed by atoms with Crippen molar-refractivity contribution in [3.8, 4) is 6.07 Å². The van der Waals surface area contributed by atoms with E-state index in [0.29, 0.717) is 22.5 Å². The Labute approximate surface area is 172 Å². The molecule has 0 fully saturated rings. The second-order valence-electron chi connectivity index (χ2n) is 5.97. The van der Waals surface area contributed by atoms with Crippen molar-refractivity contribution < 1.29 is 14.3 Å². The first kappa shape index (κ1) is 19.9. The number of nitrogens with zero attached hydrogens (tertiary/aromatic N) is 1. The molecule has 0 spiro atoms. The topological polar surface area (TPSA) is 91.2 Å². The summed E-state index contributed by atoms with van der Waals surface area (Å²) < 4.78 is 5.14. The van der Waals surface area contributed by atoms with Crippen molar-refractivity contribution in [2.24, 2.45) is 0 Å². The standard InChI is InChI=1S/C22H16ClN3O3/c23-19-12-17(11-10-15(19)13-24)26-21(27)14-29-22(28)18-8-4-5-9-20(18)25-16-6-2-1-3-7-16/h1-12,25H,14H2,(H,26,27). The Morgan fingerprint density at radius 3 is 2.41 bits per heavy atom. The Hall–Kier alpha value is -3.82.